The predicted molar refractivity (Wildman–Crippen MR) is 132 cm³/mol. The van der Waals surface area contributed by atoms with Crippen LogP contribution in [0.2, 0.25) is 0 Å². The van der Waals surface area contributed by atoms with Gasteiger partial charge >= 0.3 is 11.9 Å². The Kier molecular flexibility index (Phi) is 19.5. The SMILES string of the molecule is CCCCCCCCCCCCCCCC(=O)OCC(O)COCCC(C(=O)O)[N+](C)(C)C. The lowest BCUT2D eigenvalue weighted by atomic mass is 10.0. The number of carbonyl (C=O) groups excluding carboxylic acids is 1. The molecule has 0 radical (unpaired) electrons. The van der Waals surface area contributed by atoms with Crippen LogP contribution in [0.25, 0.3) is 0 Å². The van der Waals surface area contributed by atoms with Gasteiger partial charge in [0.15, 0.2) is 6.04 Å². The topological polar surface area (TPSA) is 93.1 Å². The molecule has 0 saturated carbocycles. The zero-order valence-electron chi connectivity index (χ0n) is 21.9. The molecule has 0 aliphatic carbocycles. The van der Waals surface area contributed by atoms with Crippen molar-refractivity contribution in [2.24, 2.45) is 0 Å². The number of aliphatic hydroxyl groups excluding tert-OH is 1. The summed E-state index contributed by atoms with van der Waals surface area (Å²) in [6.07, 6.45) is 16.2. The third-order valence-electron chi connectivity index (χ3n) is 5.99. The monoisotopic (exact) mass is 474 g/mol. The Balaban J connectivity index is 3.55. The number of esters is 1. The fourth-order valence-electron chi connectivity index (χ4n) is 3.85. The van der Waals surface area contributed by atoms with Crippen molar-refractivity contribution in [3.8, 4) is 0 Å². The van der Waals surface area contributed by atoms with E-state index in [1.54, 1.807) is 0 Å². The molecule has 0 aromatic carbocycles. The van der Waals surface area contributed by atoms with Gasteiger partial charge in [-0.25, -0.2) is 4.79 Å². The summed E-state index contributed by atoms with van der Waals surface area (Å²) in [5.74, 6) is -1.15. The molecule has 0 rings (SSSR count). The van der Waals surface area contributed by atoms with E-state index in [0.29, 0.717) is 17.3 Å². The number of aliphatic carboxylic acids is 1. The predicted octanol–water partition coefficient (Wildman–Crippen LogP) is 4.94. The van der Waals surface area contributed by atoms with Gasteiger partial charge in [-0.15, -0.1) is 0 Å². The molecule has 0 aliphatic rings. The molecular weight excluding hydrogens is 422 g/mol. The normalized spacial score (nSPS) is 13.6. The smallest absolute Gasteiger partial charge is 0.362 e. The van der Waals surface area contributed by atoms with E-state index < -0.39 is 18.1 Å². The Labute approximate surface area is 202 Å². The van der Waals surface area contributed by atoms with Gasteiger partial charge in [0.25, 0.3) is 0 Å². The molecule has 0 spiro atoms. The summed E-state index contributed by atoms with van der Waals surface area (Å²) in [7, 11) is 5.47. The maximum absolute atomic E-state index is 11.8. The first-order valence-electron chi connectivity index (χ1n) is 13.1. The molecule has 2 N–H and O–H groups in total. The zero-order chi connectivity index (χ0) is 25.0. The Bertz CT molecular complexity index is 492. The molecule has 0 heterocycles. The third kappa shape index (κ3) is 20.0. The molecular formula is C26H52NO6+. The van der Waals surface area contributed by atoms with Crippen LogP contribution in [0.15, 0.2) is 0 Å². The van der Waals surface area contributed by atoms with Crippen LogP contribution >= 0.6 is 0 Å². The van der Waals surface area contributed by atoms with Crippen molar-refractivity contribution in [2.45, 2.75) is 115 Å². The lowest BCUT2D eigenvalue weighted by Gasteiger charge is -2.31. The van der Waals surface area contributed by atoms with Crippen molar-refractivity contribution >= 4 is 11.9 Å². The van der Waals surface area contributed by atoms with Gasteiger partial charge in [0.1, 0.15) is 12.7 Å². The second kappa shape index (κ2) is 20.2. The highest BCUT2D eigenvalue weighted by atomic mass is 16.5. The third-order valence-corrected chi connectivity index (χ3v) is 5.99. The minimum absolute atomic E-state index is 0.0233. The summed E-state index contributed by atoms with van der Waals surface area (Å²) < 4.78 is 10.8. The summed E-state index contributed by atoms with van der Waals surface area (Å²) in [6, 6.07) is -0.569. The minimum Gasteiger partial charge on any atom is -0.477 e. The first-order chi connectivity index (χ1) is 15.7. The van der Waals surface area contributed by atoms with Gasteiger partial charge in [0, 0.05) is 12.8 Å². The summed E-state index contributed by atoms with van der Waals surface area (Å²) in [4.78, 5) is 23.1. The zero-order valence-corrected chi connectivity index (χ0v) is 21.9. The van der Waals surface area contributed by atoms with E-state index in [9.17, 15) is 19.8 Å². The largest absolute Gasteiger partial charge is 0.477 e. The number of rotatable bonds is 23. The second-order valence-electron chi connectivity index (χ2n) is 10.2. The van der Waals surface area contributed by atoms with Gasteiger partial charge < -0.3 is 24.2 Å². The maximum atomic E-state index is 11.8. The number of carboxylic acids is 1. The number of nitrogens with zero attached hydrogens (tertiary/aromatic N) is 1. The van der Waals surface area contributed by atoms with Gasteiger partial charge in [-0.3, -0.25) is 4.79 Å². The van der Waals surface area contributed by atoms with Gasteiger partial charge in [-0.1, -0.05) is 84.0 Å². The number of carbonyl (C=O) groups is 2. The van der Waals surface area contributed by atoms with E-state index in [2.05, 4.69) is 6.92 Å². The fraction of sp³-hybridized carbons (Fsp3) is 0.923. The molecule has 7 heteroatoms. The number of aliphatic hydroxyl groups is 1. The van der Waals surface area contributed by atoms with E-state index >= 15 is 0 Å². The van der Waals surface area contributed by atoms with E-state index in [1.807, 2.05) is 21.1 Å². The number of ether oxygens (including phenoxy) is 2. The van der Waals surface area contributed by atoms with Crippen molar-refractivity contribution in [1.29, 1.82) is 0 Å². The number of unbranched alkanes of at least 4 members (excludes halogenated alkanes) is 12. The highest BCUT2D eigenvalue weighted by Gasteiger charge is 2.30. The molecule has 0 amide bonds. The van der Waals surface area contributed by atoms with Crippen LogP contribution in [-0.4, -0.2) is 79.7 Å². The van der Waals surface area contributed by atoms with E-state index in [-0.39, 0.29) is 25.8 Å². The van der Waals surface area contributed by atoms with Crippen LogP contribution in [0.1, 0.15) is 103 Å². The molecule has 2 atom stereocenters. The first kappa shape index (κ1) is 31.8. The van der Waals surface area contributed by atoms with E-state index in [0.717, 1.165) is 19.3 Å². The minimum atomic E-state index is -0.895. The van der Waals surface area contributed by atoms with Gasteiger partial charge in [-0.2, -0.15) is 0 Å². The maximum Gasteiger partial charge on any atom is 0.362 e. The van der Waals surface area contributed by atoms with Crippen LogP contribution in [0.5, 0.6) is 0 Å². The van der Waals surface area contributed by atoms with Crippen LogP contribution in [0, 0.1) is 0 Å². The molecule has 0 aromatic heterocycles. The van der Waals surface area contributed by atoms with E-state index in [1.165, 1.54) is 64.2 Å². The Morgan fingerprint density at radius 1 is 0.788 bits per heavy atom. The molecule has 0 fully saturated rings. The lowest BCUT2D eigenvalue weighted by molar-refractivity contribution is -0.887. The average molecular weight is 475 g/mol. The van der Waals surface area contributed by atoms with Gasteiger partial charge in [0.2, 0.25) is 0 Å². The van der Waals surface area contributed by atoms with Crippen molar-refractivity contribution in [2.75, 3.05) is 41.0 Å². The number of hydrogen-bond donors (Lipinski definition) is 2. The fourth-order valence-corrected chi connectivity index (χ4v) is 3.85. The van der Waals surface area contributed by atoms with Gasteiger partial charge in [-0.05, 0) is 6.42 Å². The summed E-state index contributed by atoms with van der Waals surface area (Å²) in [6.45, 7) is 2.42. The molecule has 0 saturated heterocycles. The van der Waals surface area contributed by atoms with Crippen molar-refractivity contribution in [3.05, 3.63) is 0 Å². The molecule has 0 bridgehead atoms. The molecule has 2 unspecified atom stereocenters. The summed E-state index contributed by atoms with van der Waals surface area (Å²) >= 11 is 0. The Hall–Kier alpha value is -1.18. The van der Waals surface area contributed by atoms with E-state index in [4.69, 9.17) is 9.47 Å². The van der Waals surface area contributed by atoms with Crippen molar-refractivity contribution < 1.29 is 33.8 Å². The first-order valence-corrected chi connectivity index (χ1v) is 13.1. The average Bonchev–Trinajstić information content (AvgIpc) is 2.74. The summed E-state index contributed by atoms with van der Waals surface area (Å²) in [5, 5.41) is 19.2. The van der Waals surface area contributed by atoms with Crippen LogP contribution in [-0.2, 0) is 19.1 Å². The second-order valence-corrected chi connectivity index (χ2v) is 10.2. The molecule has 196 valence electrons. The molecule has 0 aromatic rings. The lowest BCUT2D eigenvalue weighted by Crippen LogP contribution is -2.50. The van der Waals surface area contributed by atoms with Crippen molar-refractivity contribution in [1.82, 2.24) is 0 Å². The molecule has 33 heavy (non-hydrogen) atoms. The van der Waals surface area contributed by atoms with Gasteiger partial charge in [0.05, 0.1) is 34.4 Å². The Morgan fingerprint density at radius 3 is 1.73 bits per heavy atom. The number of quaternary nitrogens is 1. The van der Waals surface area contributed by atoms with Crippen LogP contribution in [0.4, 0.5) is 0 Å². The Morgan fingerprint density at radius 2 is 1.27 bits per heavy atom. The number of hydrogen-bond acceptors (Lipinski definition) is 5. The quantitative estimate of drug-likeness (QED) is 0.124. The standard InChI is InChI=1S/C26H51NO6/c1-5-6-7-8-9-10-11-12-13-14-15-16-17-18-25(29)33-22-23(28)21-32-20-19-24(26(30)31)27(2,3)4/h23-24,28H,5-22H2,1-4H3/p+1. The molecule has 7 nitrogen and oxygen atoms in total. The number of carboxylic acid groups (broad SMARTS) is 1. The summed E-state index contributed by atoms with van der Waals surface area (Å²) in [5.41, 5.74) is 0. The van der Waals surface area contributed by atoms with Crippen molar-refractivity contribution in [3.63, 3.8) is 0 Å². The highest BCUT2D eigenvalue weighted by Crippen LogP contribution is 2.13. The van der Waals surface area contributed by atoms with Crippen LogP contribution < -0.4 is 0 Å². The highest BCUT2D eigenvalue weighted by molar-refractivity contribution is 5.72. The van der Waals surface area contributed by atoms with Crippen LogP contribution in [0.3, 0.4) is 0 Å². The molecule has 0 aliphatic heterocycles. The number of likely N-dealkylation sites (N-methyl/N-ethyl adjacent to an activating group) is 1.